The Morgan fingerprint density at radius 1 is 0.952 bits per heavy atom. The van der Waals surface area contributed by atoms with E-state index in [1.54, 1.807) is 12.4 Å². The van der Waals surface area contributed by atoms with E-state index in [9.17, 15) is 4.79 Å². The van der Waals surface area contributed by atoms with Gasteiger partial charge in [-0.2, -0.15) is 0 Å². The zero-order valence-corrected chi connectivity index (χ0v) is 11.3. The number of nitrogens with one attached hydrogen (secondary N) is 1. The molecular formula is C17H14N2O2. The molecule has 0 bridgehead atoms. The summed E-state index contributed by atoms with van der Waals surface area (Å²) in [5.74, 6) is -0.833. The topological polar surface area (TPSA) is 55.0 Å². The van der Waals surface area contributed by atoms with Crippen LogP contribution in [-0.2, 0) is 4.79 Å². The lowest BCUT2D eigenvalue weighted by Crippen LogP contribution is -2.20. The van der Waals surface area contributed by atoms with Gasteiger partial charge in [-0.1, -0.05) is 60.7 Å². The maximum absolute atomic E-state index is 12.5. The van der Waals surface area contributed by atoms with Crippen molar-refractivity contribution in [3.05, 3.63) is 84.2 Å². The molecule has 0 aliphatic heterocycles. The molecule has 0 radical (unpaired) electrons. The molecule has 0 atom stereocenters. The molecule has 3 rings (SSSR count). The van der Waals surface area contributed by atoms with Crippen LogP contribution in [0, 0.1) is 0 Å². The van der Waals surface area contributed by atoms with Gasteiger partial charge in [-0.3, -0.25) is 4.79 Å². The van der Waals surface area contributed by atoms with Crippen LogP contribution in [0.3, 0.4) is 0 Å². The van der Waals surface area contributed by atoms with Gasteiger partial charge in [-0.15, -0.1) is 0 Å². The highest BCUT2D eigenvalue weighted by atomic mass is 16.5. The third kappa shape index (κ3) is 3.00. The summed E-state index contributed by atoms with van der Waals surface area (Å²) >= 11 is 0. The number of carbonyl (C=O) groups is 1. The maximum Gasteiger partial charge on any atom is 0.325 e. The summed E-state index contributed by atoms with van der Waals surface area (Å²) in [7, 11) is 0. The van der Waals surface area contributed by atoms with Crippen LogP contribution in [0.1, 0.15) is 17.0 Å². The Morgan fingerprint density at radius 2 is 1.52 bits per heavy atom. The summed E-state index contributed by atoms with van der Waals surface area (Å²) in [6.45, 7) is 0. The van der Waals surface area contributed by atoms with Crippen LogP contribution in [0.4, 0.5) is 0 Å². The standard InChI is InChI=1S/C17H14N2O2/c20-16(21-17-18-11-12-19-17)15(13-7-3-1-4-8-13)14-9-5-2-6-10-14/h1-12,15H,(H,18,19). The first-order valence-electron chi connectivity index (χ1n) is 6.65. The van der Waals surface area contributed by atoms with Gasteiger partial charge in [0.1, 0.15) is 5.92 Å². The lowest BCUT2D eigenvalue weighted by Gasteiger charge is -2.15. The van der Waals surface area contributed by atoms with Crippen molar-refractivity contribution in [3.8, 4) is 6.01 Å². The van der Waals surface area contributed by atoms with Crippen LogP contribution in [0.2, 0.25) is 0 Å². The van der Waals surface area contributed by atoms with E-state index >= 15 is 0 Å². The third-order valence-corrected chi connectivity index (χ3v) is 3.17. The Morgan fingerprint density at radius 3 is 2.00 bits per heavy atom. The molecule has 0 saturated carbocycles. The lowest BCUT2D eigenvalue weighted by molar-refractivity contribution is -0.135. The van der Waals surface area contributed by atoms with E-state index in [2.05, 4.69) is 9.97 Å². The minimum atomic E-state index is -0.475. The normalized spacial score (nSPS) is 10.5. The summed E-state index contributed by atoms with van der Waals surface area (Å²) in [6.07, 6.45) is 3.16. The molecule has 0 spiro atoms. The molecule has 1 aromatic heterocycles. The van der Waals surface area contributed by atoms with Crippen LogP contribution in [0.15, 0.2) is 73.1 Å². The summed E-state index contributed by atoms with van der Waals surface area (Å²) in [4.78, 5) is 19.2. The molecule has 1 N–H and O–H groups in total. The molecule has 1 heterocycles. The summed E-state index contributed by atoms with van der Waals surface area (Å²) < 4.78 is 5.32. The Hall–Kier alpha value is -2.88. The maximum atomic E-state index is 12.5. The van der Waals surface area contributed by atoms with Gasteiger partial charge in [0.05, 0.1) is 0 Å². The summed E-state index contributed by atoms with van der Waals surface area (Å²) in [5.41, 5.74) is 1.78. The van der Waals surface area contributed by atoms with Gasteiger partial charge in [-0.25, -0.2) is 4.98 Å². The number of imidazole rings is 1. The number of hydrogen-bond acceptors (Lipinski definition) is 3. The lowest BCUT2D eigenvalue weighted by atomic mass is 9.91. The molecule has 21 heavy (non-hydrogen) atoms. The quantitative estimate of drug-likeness (QED) is 0.746. The van der Waals surface area contributed by atoms with Crippen LogP contribution >= 0.6 is 0 Å². The molecule has 0 unspecified atom stereocenters. The highest BCUT2D eigenvalue weighted by molar-refractivity contribution is 5.83. The molecule has 4 nitrogen and oxygen atoms in total. The van der Waals surface area contributed by atoms with Gasteiger partial charge < -0.3 is 9.72 Å². The Labute approximate surface area is 122 Å². The van der Waals surface area contributed by atoms with Crippen LogP contribution in [0.5, 0.6) is 6.01 Å². The van der Waals surface area contributed by atoms with Gasteiger partial charge >= 0.3 is 12.0 Å². The highest BCUT2D eigenvalue weighted by Gasteiger charge is 2.25. The number of nitrogens with zero attached hydrogens (tertiary/aromatic N) is 1. The molecule has 3 aromatic rings. The third-order valence-electron chi connectivity index (χ3n) is 3.17. The number of hydrogen-bond donors (Lipinski definition) is 1. The first-order chi connectivity index (χ1) is 10.3. The average molecular weight is 278 g/mol. The largest absolute Gasteiger partial charge is 0.392 e. The van der Waals surface area contributed by atoms with Crippen molar-refractivity contribution in [2.75, 3.05) is 0 Å². The first-order valence-corrected chi connectivity index (χ1v) is 6.65. The Bertz CT molecular complexity index is 655. The highest BCUT2D eigenvalue weighted by Crippen LogP contribution is 2.26. The van der Waals surface area contributed by atoms with Gasteiger partial charge in [0.25, 0.3) is 0 Å². The second-order valence-electron chi connectivity index (χ2n) is 4.57. The first kappa shape index (κ1) is 13.1. The van der Waals surface area contributed by atoms with E-state index in [1.807, 2.05) is 60.7 Å². The molecule has 0 fully saturated rings. The summed E-state index contributed by atoms with van der Waals surface area (Å²) in [5, 5.41) is 0. The van der Waals surface area contributed by atoms with Crippen molar-refractivity contribution in [2.45, 2.75) is 5.92 Å². The molecule has 0 aliphatic rings. The van der Waals surface area contributed by atoms with Crippen molar-refractivity contribution in [3.63, 3.8) is 0 Å². The zero-order chi connectivity index (χ0) is 14.5. The second kappa shape index (κ2) is 6.05. The monoisotopic (exact) mass is 278 g/mol. The number of aromatic amines is 1. The van der Waals surface area contributed by atoms with Crippen molar-refractivity contribution >= 4 is 5.97 Å². The van der Waals surface area contributed by atoms with Gasteiger partial charge in [-0.05, 0) is 11.1 Å². The minimum absolute atomic E-state index is 0.205. The van der Waals surface area contributed by atoms with E-state index in [0.29, 0.717) is 0 Å². The number of ether oxygens (including phenoxy) is 1. The van der Waals surface area contributed by atoms with Gasteiger partial charge in [0, 0.05) is 12.4 Å². The summed E-state index contributed by atoms with van der Waals surface area (Å²) in [6, 6.07) is 19.3. The van der Waals surface area contributed by atoms with E-state index in [-0.39, 0.29) is 12.0 Å². The van der Waals surface area contributed by atoms with Gasteiger partial charge in [0.15, 0.2) is 0 Å². The molecule has 4 heteroatoms. The second-order valence-corrected chi connectivity index (χ2v) is 4.57. The smallest absolute Gasteiger partial charge is 0.325 e. The predicted molar refractivity (Wildman–Crippen MR) is 78.9 cm³/mol. The molecule has 2 aromatic carbocycles. The number of rotatable bonds is 4. The molecule has 104 valence electrons. The SMILES string of the molecule is O=C(Oc1ncc[nH]1)C(c1ccccc1)c1ccccc1. The fourth-order valence-corrected chi connectivity index (χ4v) is 2.22. The number of aromatic nitrogens is 2. The number of carbonyl (C=O) groups excluding carboxylic acids is 1. The molecule has 0 amide bonds. The molecule has 0 aliphatic carbocycles. The predicted octanol–water partition coefficient (Wildman–Crippen LogP) is 3.15. The van der Waals surface area contributed by atoms with Crippen molar-refractivity contribution < 1.29 is 9.53 Å². The number of benzene rings is 2. The van der Waals surface area contributed by atoms with Crippen LogP contribution < -0.4 is 4.74 Å². The van der Waals surface area contributed by atoms with Crippen molar-refractivity contribution in [1.29, 1.82) is 0 Å². The van der Waals surface area contributed by atoms with E-state index in [1.165, 1.54) is 0 Å². The minimum Gasteiger partial charge on any atom is -0.392 e. The molecule has 0 saturated heterocycles. The fourth-order valence-electron chi connectivity index (χ4n) is 2.22. The molecular weight excluding hydrogens is 264 g/mol. The zero-order valence-electron chi connectivity index (χ0n) is 11.3. The van der Waals surface area contributed by atoms with Gasteiger partial charge in [0.2, 0.25) is 0 Å². The van der Waals surface area contributed by atoms with E-state index in [0.717, 1.165) is 11.1 Å². The van der Waals surface area contributed by atoms with Crippen molar-refractivity contribution in [2.24, 2.45) is 0 Å². The van der Waals surface area contributed by atoms with E-state index < -0.39 is 5.92 Å². The van der Waals surface area contributed by atoms with E-state index in [4.69, 9.17) is 4.74 Å². The average Bonchev–Trinajstić information content (AvgIpc) is 3.02. The number of H-pyrrole nitrogens is 1. The number of esters is 1. The van der Waals surface area contributed by atoms with Crippen LogP contribution in [0.25, 0.3) is 0 Å². The van der Waals surface area contributed by atoms with Crippen LogP contribution in [-0.4, -0.2) is 15.9 Å². The van der Waals surface area contributed by atoms with Crippen molar-refractivity contribution in [1.82, 2.24) is 9.97 Å². The Balaban J connectivity index is 1.95. The fraction of sp³-hybridized carbons (Fsp3) is 0.0588. The Kier molecular flexibility index (Phi) is 3.78.